The Morgan fingerprint density at radius 2 is 1.86 bits per heavy atom. The molecule has 0 amide bonds. The van der Waals surface area contributed by atoms with Crippen molar-refractivity contribution in [1.29, 1.82) is 5.26 Å². The molecule has 1 aromatic heterocycles. The molecule has 0 aliphatic rings. The second-order valence-corrected chi connectivity index (χ2v) is 7.40. The van der Waals surface area contributed by atoms with Crippen LogP contribution in [0.25, 0.3) is 0 Å². The number of benzene rings is 1. The number of H-pyrrole nitrogens is 1. The van der Waals surface area contributed by atoms with Crippen LogP contribution in [0.2, 0.25) is 0 Å². The number of hydrogen-bond acceptors (Lipinski definition) is 6. The summed E-state index contributed by atoms with van der Waals surface area (Å²) in [4.78, 5) is 11.4. The maximum absolute atomic E-state index is 11.4. The van der Waals surface area contributed by atoms with E-state index in [2.05, 4.69) is 14.4 Å². The lowest BCUT2D eigenvalue weighted by atomic mass is 10.1. The number of aryl methyl sites for hydroxylation is 2. The van der Waals surface area contributed by atoms with E-state index in [1.54, 1.807) is 26.0 Å². The first-order valence-electron chi connectivity index (χ1n) is 6.19. The van der Waals surface area contributed by atoms with Crippen molar-refractivity contribution in [2.24, 2.45) is 0 Å². The van der Waals surface area contributed by atoms with Gasteiger partial charge in [-0.15, -0.1) is 0 Å². The number of aromatic nitrogens is 1. The number of hydrogen-bond donors (Lipinski definition) is 3. The van der Waals surface area contributed by atoms with Crippen LogP contribution in [0.5, 0.6) is 0 Å². The van der Waals surface area contributed by atoms with Gasteiger partial charge in [0.15, 0.2) is 5.56 Å². The second kappa shape index (κ2) is 5.82. The molecule has 116 valence electrons. The van der Waals surface area contributed by atoms with Crippen molar-refractivity contribution < 1.29 is 8.42 Å². The number of nitrogens with zero attached hydrogens (tertiary/aromatic N) is 1. The van der Waals surface area contributed by atoms with Gasteiger partial charge in [0.1, 0.15) is 11.1 Å². The van der Waals surface area contributed by atoms with Crippen LogP contribution in [0.4, 0.5) is 16.4 Å². The van der Waals surface area contributed by atoms with Crippen LogP contribution >= 0.6 is 11.5 Å². The number of anilines is 3. The molecule has 0 aliphatic heterocycles. The molecular weight excluding hydrogens is 324 g/mol. The van der Waals surface area contributed by atoms with Gasteiger partial charge in [-0.3, -0.25) is 13.9 Å². The summed E-state index contributed by atoms with van der Waals surface area (Å²) in [5.41, 5.74) is 2.25. The highest BCUT2D eigenvalue weighted by molar-refractivity contribution is 7.92. The predicted octanol–water partition coefficient (Wildman–Crippen LogP) is 2.04. The minimum atomic E-state index is -3.36. The zero-order valence-electron chi connectivity index (χ0n) is 12.1. The van der Waals surface area contributed by atoms with Gasteiger partial charge >= 0.3 is 0 Å². The van der Waals surface area contributed by atoms with Crippen molar-refractivity contribution in [3.63, 3.8) is 0 Å². The largest absolute Gasteiger partial charge is 0.345 e. The molecule has 0 saturated carbocycles. The first kappa shape index (κ1) is 16.1. The average Bonchev–Trinajstić information content (AvgIpc) is 2.73. The summed E-state index contributed by atoms with van der Waals surface area (Å²) >= 11 is 1.04. The maximum atomic E-state index is 11.4. The molecular formula is C13H14N4O3S2. The predicted molar refractivity (Wildman–Crippen MR) is 87.3 cm³/mol. The fraction of sp³-hybridized carbons (Fsp3) is 0.231. The van der Waals surface area contributed by atoms with Crippen LogP contribution in [-0.2, 0) is 10.0 Å². The Labute approximate surface area is 131 Å². The number of rotatable bonds is 4. The highest BCUT2D eigenvalue weighted by Gasteiger charge is 2.13. The lowest BCUT2D eigenvalue weighted by Gasteiger charge is -2.14. The summed E-state index contributed by atoms with van der Waals surface area (Å²) in [6.07, 6.45) is 1.09. The number of aromatic amines is 1. The summed E-state index contributed by atoms with van der Waals surface area (Å²) < 4.78 is 27.7. The topological polar surface area (TPSA) is 115 Å². The fourth-order valence-electron chi connectivity index (χ4n) is 2.01. The standard InChI is InChI=1S/C13H14N4O3S2/c1-7-4-9(5-8(2)11(7)17-22(3,19)20)15-13-10(6-14)12(18)16-21-13/h4-5,15,17H,1-3H3,(H,16,18). The molecule has 0 atom stereocenters. The lowest BCUT2D eigenvalue weighted by Crippen LogP contribution is -2.12. The third-order valence-corrected chi connectivity index (χ3v) is 4.26. The van der Waals surface area contributed by atoms with E-state index >= 15 is 0 Å². The molecule has 1 aromatic carbocycles. The normalized spacial score (nSPS) is 11.0. The summed E-state index contributed by atoms with van der Waals surface area (Å²) in [7, 11) is -3.36. The van der Waals surface area contributed by atoms with Gasteiger partial charge in [0, 0.05) is 5.69 Å². The van der Waals surface area contributed by atoms with Crippen LogP contribution in [0.15, 0.2) is 16.9 Å². The molecule has 1 heterocycles. The highest BCUT2D eigenvalue weighted by atomic mass is 32.2. The Kier molecular flexibility index (Phi) is 4.25. The molecule has 0 unspecified atom stereocenters. The van der Waals surface area contributed by atoms with Crippen molar-refractivity contribution in [3.05, 3.63) is 39.2 Å². The Hall–Kier alpha value is -2.31. The van der Waals surface area contributed by atoms with Gasteiger partial charge in [0.05, 0.1) is 11.9 Å². The summed E-state index contributed by atoms with van der Waals surface area (Å²) in [5, 5.41) is 12.4. The molecule has 3 N–H and O–H groups in total. The van der Waals surface area contributed by atoms with Crippen LogP contribution in [0.3, 0.4) is 0 Å². The van der Waals surface area contributed by atoms with Gasteiger partial charge < -0.3 is 5.32 Å². The van der Waals surface area contributed by atoms with Crippen LogP contribution < -0.4 is 15.6 Å². The molecule has 0 aliphatic carbocycles. The summed E-state index contributed by atoms with van der Waals surface area (Å²) in [6.45, 7) is 3.55. The fourth-order valence-corrected chi connectivity index (χ4v) is 3.40. The molecule has 0 radical (unpaired) electrons. The minimum absolute atomic E-state index is 0.0265. The van der Waals surface area contributed by atoms with Gasteiger partial charge in [-0.2, -0.15) is 5.26 Å². The van der Waals surface area contributed by atoms with E-state index in [0.29, 0.717) is 16.4 Å². The molecule has 2 aromatic rings. The third kappa shape index (κ3) is 3.47. The van der Waals surface area contributed by atoms with Gasteiger partial charge in [-0.25, -0.2) is 8.42 Å². The number of nitriles is 1. The highest BCUT2D eigenvalue weighted by Crippen LogP contribution is 2.29. The zero-order chi connectivity index (χ0) is 16.5. The number of nitrogens with one attached hydrogen (secondary N) is 3. The molecule has 2 rings (SSSR count). The molecule has 0 fully saturated rings. The number of sulfonamides is 1. The molecule has 9 heteroatoms. The van der Waals surface area contributed by atoms with Crippen molar-refractivity contribution in [1.82, 2.24) is 4.37 Å². The first-order chi connectivity index (χ1) is 10.2. The Bertz CT molecular complexity index is 896. The monoisotopic (exact) mass is 338 g/mol. The molecule has 0 saturated heterocycles. The van der Waals surface area contributed by atoms with E-state index in [0.717, 1.165) is 28.9 Å². The van der Waals surface area contributed by atoms with Gasteiger partial charge in [-0.05, 0) is 48.6 Å². The third-order valence-electron chi connectivity index (χ3n) is 2.89. The molecule has 7 nitrogen and oxygen atoms in total. The molecule has 0 spiro atoms. The van der Waals surface area contributed by atoms with E-state index in [4.69, 9.17) is 5.26 Å². The van der Waals surface area contributed by atoms with E-state index in [1.165, 1.54) is 0 Å². The van der Waals surface area contributed by atoms with Gasteiger partial charge in [0.2, 0.25) is 10.0 Å². The van der Waals surface area contributed by atoms with Crippen molar-refractivity contribution in [3.8, 4) is 6.07 Å². The minimum Gasteiger partial charge on any atom is -0.345 e. The zero-order valence-corrected chi connectivity index (χ0v) is 13.8. The van der Waals surface area contributed by atoms with Gasteiger partial charge in [-0.1, -0.05) is 0 Å². The van der Waals surface area contributed by atoms with Crippen LogP contribution in [-0.4, -0.2) is 19.0 Å². The van der Waals surface area contributed by atoms with Crippen molar-refractivity contribution >= 4 is 37.9 Å². The Morgan fingerprint density at radius 1 is 1.27 bits per heavy atom. The van der Waals surface area contributed by atoms with E-state index in [-0.39, 0.29) is 5.56 Å². The quantitative estimate of drug-likeness (QED) is 0.789. The SMILES string of the molecule is Cc1cc(Nc2s[nH]c(=O)c2C#N)cc(C)c1NS(C)(=O)=O. The summed E-state index contributed by atoms with van der Waals surface area (Å²) in [6, 6.07) is 5.33. The maximum Gasteiger partial charge on any atom is 0.278 e. The second-order valence-electron chi connectivity index (χ2n) is 4.83. The first-order valence-corrected chi connectivity index (χ1v) is 8.89. The van der Waals surface area contributed by atoms with Crippen molar-refractivity contribution in [2.45, 2.75) is 13.8 Å². The van der Waals surface area contributed by atoms with Gasteiger partial charge in [0.25, 0.3) is 5.56 Å². The average molecular weight is 338 g/mol. The Balaban J connectivity index is 2.39. The van der Waals surface area contributed by atoms with Crippen LogP contribution in [0, 0.1) is 25.2 Å². The van der Waals surface area contributed by atoms with E-state index in [9.17, 15) is 13.2 Å². The summed E-state index contributed by atoms with van der Waals surface area (Å²) in [5.74, 6) is 0. The van der Waals surface area contributed by atoms with E-state index in [1.807, 2.05) is 6.07 Å². The lowest BCUT2D eigenvalue weighted by molar-refractivity contribution is 0.606. The molecule has 0 bridgehead atoms. The van der Waals surface area contributed by atoms with Crippen molar-refractivity contribution in [2.75, 3.05) is 16.3 Å². The Morgan fingerprint density at radius 3 is 2.36 bits per heavy atom. The smallest absolute Gasteiger partial charge is 0.278 e. The van der Waals surface area contributed by atoms with Crippen LogP contribution in [0.1, 0.15) is 16.7 Å². The van der Waals surface area contributed by atoms with E-state index < -0.39 is 15.6 Å². The molecule has 22 heavy (non-hydrogen) atoms.